The van der Waals surface area contributed by atoms with Crippen LogP contribution in [0.2, 0.25) is 0 Å². The number of hydrogen-bond acceptors (Lipinski definition) is 6. The molecule has 1 unspecified atom stereocenters. The summed E-state index contributed by atoms with van der Waals surface area (Å²) in [6, 6.07) is 14.6. The lowest BCUT2D eigenvalue weighted by Gasteiger charge is -2.16. The first kappa shape index (κ1) is 21.4. The monoisotopic (exact) mass is 416 g/mol. The normalized spacial score (nSPS) is 11.6. The van der Waals surface area contributed by atoms with Gasteiger partial charge in [-0.05, 0) is 41.5 Å². The molecule has 3 rings (SSSR count). The fourth-order valence-electron chi connectivity index (χ4n) is 2.77. The molecule has 3 aromatic rings. The van der Waals surface area contributed by atoms with Crippen LogP contribution in [0.15, 0.2) is 73.2 Å². The summed E-state index contributed by atoms with van der Waals surface area (Å²) >= 11 is 0. The van der Waals surface area contributed by atoms with Crippen LogP contribution in [0.5, 0.6) is 5.75 Å². The molecule has 1 atom stereocenters. The van der Waals surface area contributed by atoms with Gasteiger partial charge in [0, 0.05) is 25.0 Å². The predicted octanol–water partition coefficient (Wildman–Crippen LogP) is 2.40. The average molecular weight is 416 g/mol. The molecule has 3 N–H and O–H groups in total. The van der Waals surface area contributed by atoms with Gasteiger partial charge in [0.15, 0.2) is 5.75 Å². The second kappa shape index (κ2) is 10.4. The number of carbonyl (C=O) groups excluding carboxylic acids is 3. The third-order valence-electron chi connectivity index (χ3n) is 4.28. The first-order valence-corrected chi connectivity index (χ1v) is 9.42. The zero-order chi connectivity index (χ0) is 22.1. The number of nitrogens with one attached hydrogen (secondary N) is 1. The molecule has 156 valence electrons. The molecular formula is C23H20N4O4. The molecule has 1 aromatic carbocycles. The van der Waals surface area contributed by atoms with E-state index in [2.05, 4.69) is 15.3 Å². The summed E-state index contributed by atoms with van der Waals surface area (Å²) < 4.78 is 5.35. The van der Waals surface area contributed by atoms with Crippen molar-refractivity contribution in [2.45, 2.75) is 12.5 Å². The Morgan fingerprint density at radius 2 is 1.71 bits per heavy atom. The molecule has 0 radical (unpaired) electrons. The third kappa shape index (κ3) is 6.33. The van der Waals surface area contributed by atoms with Crippen molar-refractivity contribution < 1.29 is 19.1 Å². The van der Waals surface area contributed by atoms with E-state index in [1.165, 1.54) is 0 Å². The number of Topliss-reactive ketones (excluding diaryl/α,β-unsaturated/α-hetero) is 1. The molecule has 0 fully saturated rings. The second-order valence-electron chi connectivity index (χ2n) is 6.51. The van der Waals surface area contributed by atoms with Gasteiger partial charge >= 0.3 is 6.09 Å². The Morgan fingerprint density at radius 1 is 0.968 bits per heavy atom. The van der Waals surface area contributed by atoms with Gasteiger partial charge in [0.1, 0.15) is 11.7 Å². The van der Waals surface area contributed by atoms with Gasteiger partial charge in [-0.2, -0.15) is 0 Å². The number of carbonyl (C=O) groups is 3. The van der Waals surface area contributed by atoms with Gasteiger partial charge in [-0.25, -0.2) is 4.79 Å². The maximum absolute atomic E-state index is 12.5. The molecule has 0 aliphatic rings. The number of nitrogens with zero attached hydrogens (tertiary/aromatic N) is 2. The Morgan fingerprint density at radius 3 is 2.42 bits per heavy atom. The molecule has 2 amide bonds. The number of benzene rings is 1. The highest BCUT2D eigenvalue weighted by Crippen LogP contribution is 2.18. The smallest absolute Gasteiger partial charge is 0.408 e. The van der Waals surface area contributed by atoms with E-state index in [0.29, 0.717) is 5.69 Å². The largest absolute Gasteiger partial charge is 0.413 e. The van der Waals surface area contributed by atoms with Gasteiger partial charge in [-0.1, -0.05) is 36.4 Å². The number of hydrogen-bond donors (Lipinski definition) is 2. The molecule has 0 spiro atoms. The van der Waals surface area contributed by atoms with Crippen molar-refractivity contribution in [3.8, 4) is 5.75 Å². The summed E-state index contributed by atoms with van der Waals surface area (Å²) in [7, 11) is 0. The van der Waals surface area contributed by atoms with Crippen LogP contribution >= 0.6 is 0 Å². The first-order chi connectivity index (χ1) is 15.0. The van der Waals surface area contributed by atoms with Gasteiger partial charge in [0.05, 0.1) is 0 Å². The maximum Gasteiger partial charge on any atom is 0.413 e. The molecule has 8 heteroatoms. The standard InChI is InChI=1S/C23H20N4O4/c24-22(29)21(28)19(15-17-5-2-1-3-6-17)27-23(30)31-20-7-4-12-26-18(20)9-8-16-10-13-25-14-11-16/h1-14,19H,15H2,(H2,24,29)(H,27,30)/b9-8+. The van der Waals surface area contributed by atoms with E-state index in [1.807, 2.05) is 18.2 Å². The zero-order valence-electron chi connectivity index (χ0n) is 16.5. The maximum atomic E-state index is 12.5. The van der Waals surface area contributed by atoms with Gasteiger partial charge in [0.25, 0.3) is 5.91 Å². The molecule has 8 nitrogen and oxygen atoms in total. The Kier molecular flexibility index (Phi) is 7.21. The molecule has 0 saturated heterocycles. The van der Waals surface area contributed by atoms with Crippen LogP contribution in [-0.2, 0) is 16.0 Å². The van der Waals surface area contributed by atoms with Crippen molar-refractivity contribution in [1.29, 1.82) is 0 Å². The number of aromatic nitrogens is 2. The van der Waals surface area contributed by atoms with Crippen molar-refractivity contribution in [2.24, 2.45) is 5.73 Å². The highest BCUT2D eigenvalue weighted by atomic mass is 16.6. The SMILES string of the molecule is NC(=O)C(=O)C(Cc1ccccc1)NC(=O)Oc1cccnc1/C=C/c1ccncc1. The molecular weight excluding hydrogens is 396 g/mol. The fourth-order valence-corrected chi connectivity index (χ4v) is 2.77. The van der Waals surface area contributed by atoms with Crippen LogP contribution in [0.4, 0.5) is 4.79 Å². The summed E-state index contributed by atoms with van der Waals surface area (Å²) in [4.78, 5) is 44.2. The van der Waals surface area contributed by atoms with Gasteiger partial charge in [0.2, 0.25) is 5.78 Å². The molecule has 0 aliphatic carbocycles. The van der Waals surface area contributed by atoms with Crippen LogP contribution in [0, 0.1) is 0 Å². The summed E-state index contributed by atoms with van der Waals surface area (Å²) in [5, 5.41) is 2.42. The molecule has 0 saturated carbocycles. The Bertz CT molecular complexity index is 1090. The van der Waals surface area contributed by atoms with E-state index >= 15 is 0 Å². The number of ketones is 1. The number of primary amides is 1. The van der Waals surface area contributed by atoms with Gasteiger partial charge in [-0.3, -0.25) is 19.6 Å². The number of pyridine rings is 2. The number of ether oxygens (including phenoxy) is 1. The highest BCUT2D eigenvalue weighted by molar-refractivity contribution is 6.37. The van der Waals surface area contributed by atoms with E-state index in [0.717, 1.165) is 11.1 Å². The lowest BCUT2D eigenvalue weighted by Crippen LogP contribution is -2.48. The van der Waals surface area contributed by atoms with E-state index in [9.17, 15) is 14.4 Å². The lowest BCUT2D eigenvalue weighted by molar-refractivity contribution is -0.137. The van der Waals surface area contributed by atoms with Crippen molar-refractivity contribution in [2.75, 3.05) is 0 Å². The number of amides is 2. The topological polar surface area (TPSA) is 124 Å². The number of rotatable bonds is 8. The fraction of sp³-hybridized carbons (Fsp3) is 0.0870. The summed E-state index contributed by atoms with van der Waals surface area (Å²) in [6.45, 7) is 0. The summed E-state index contributed by atoms with van der Waals surface area (Å²) in [5.74, 6) is -1.86. The van der Waals surface area contributed by atoms with E-state index in [4.69, 9.17) is 10.5 Å². The second-order valence-corrected chi connectivity index (χ2v) is 6.51. The van der Waals surface area contributed by atoms with Crippen LogP contribution in [0.3, 0.4) is 0 Å². The summed E-state index contributed by atoms with van der Waals surface area (Å²) in [5.41, 5.74) is 7.19. The average Bonchev–Trinajstić information content (AvgIpc) is 2.79. The van der Waals surface area contributed by atoms with E-state index < -0.39 is 23.8 Å². The Labute approximate surface area is 178 Å². The Hall–Kier alpha value is -4.33. The van der Waals surface area contributed by atoms with E-state index in [1.54, 1.807) is 67.1 Å². The van der Waals surface area contributed by atoms with Crippen molar-refractivity contribution in [3.63, 3.8) is 0 Å². The molecule has 2 heterocycles. The van der Waals surface area contributed by atoms with Crippen molar-refractivity contribution >= 4 is 29.9 Å². The van der Waals surface area contributed by atoms with E-state index in [-0.39, 0.29) is 12.2 Å². The summed E-state index contributed by atoms with van der Waals surface area (Å²) in [6.07, 6.45) is 7.56. The Balaban J connectivity index is 1.73. The zero-order valence-corrected chi connectivity index (χ0v) is 16.5. The van der Waals surface area contributed by atoms with Gasteiger partial charge < -0.3 is 15.8 Å². The minimum atomic E-state index is -1.15. The highest BCUT2D eigenvalue weighted by Gasteiger charge is 2.26. The van der Waals surface area contributed by atoms with Crippen LogP contribution in [-0.4, -0.2) is 33.8 Å². The van der Waals surface area contributed by atoms with Crippen molar-refractivity contribution in [3.05, 3.63) is 90.0 Å². The van der Waals surface area contributed by atoms with Crippen LogP contribution < -0.4 is 15.8 Å². The molecule has 2 aromatic heterocycles. The minimum Gasteiger partial charge on any atom is -0.408 e. The quantitative estimate of drug-likeness (QED) is 0.544. The van der Waals surface area contributed by atoms with Crippen LogP contribution in [0.25, 0.3) is 12.2 Å². The number of nitrogens with two attached hydrogens (primary N) is 1. The lowest BCUT2D eigenvalue weighted by atomic mass is 10.0. The van der Waals surface area contributed by atoms with Crippen molar-refractivity contribution in [1.82, 2.24) is 15.3 Å². The first-order valence-electron chi connectivity index (χ1n) is 9.42. The van der Waals surface area contributed by atoms with Crippen LogP contribution in [0.1, 0.15) is 16.8 Å². The minimum absolute atomic E-state index is 0.0968. The molecule has 0 bridgehead atoms. The third-order valence-corrected chi connectivity index (χ3v) is 4.28. The molecule has 31 heavy (non-hydrogen) atoms. The van der Waals surface area contributed by atoms with Gasteiger partial charge in [-0.15, -0.1) is 0 Å². The molecule has 0 aliphatic heterocycles. The predicted molar refractivity (Wildman–Crippen MR) is 115 cm³/mol.